The van der Waals surface area contributed by atoms with E-state index in [0.29, 0.717) is 5.69 Å². The number of hydrogen-bond donors (Lipinski definition) is 1. The summed E-state index contributed by atoms with van der Waals surface area (Å²) >= 11 is 0. The van der Waals surface area contributed by atoms with E-state index >= 15 is 0 Å². The van der Waals surface area contributed by atoms with E-state index in [1.807, 2.05) is 6.07 Å². The molecule has 3 aromatic heterocycles. The number of carbonyl (C=O) groups excluding carboxylic acids is 1. The topological polar surface area (TPSA) is 101 Å². The minimum atomic E-state index is -1.63. The van der Waals surface area contributed by atoms with Gasteiger partial charge in [0.2, 0.25) is 0 Å². The maximum absolute atomic E-state index is 14.1. The molecule has 0 aliphatic heterocycles. The summed E-state index contributed by atoms with van der Waals surface area (Å²) in [6.07, 6.45) is 4.67. The Hall–Kier alpha value is -3.62. The van der Waals surface area contributed by atoms with E-state index in [2.05, 4.69) is 15.1 Å². The SMILES string of the molecule is CC(c1ncccc1F)N(Cc1ccc(-c2ccnn2C)cn1)C(=O)C(=O)O. The van der Waals surface area contributed by atoms with Gasteiger partial charge in [0.25, 0.3) is 0 Å². The number of nitrogens with zero attached hydrogens (tertiary/aromatic N) is 5. The van der Waals surface area contributed by atoms with Crippen molar-refractivity contribution in [2.24, 2.45) is 7.05 Å². The third-order valence-electron chi connectivity index (χ3n) is 4.37. The fourth-order valence-electron chi connectivity index (χ4n) is 2.86. The van der Waals surface area contributed by atoms with E-state index in [0.717, 1.165) is 16.2 Å². The number of hydrogen-bond acceptors (Lipinski definition) is 5. The fraction of sp³-hybridized carbons (Fsp3) is 0.211. The Kier molecular flexibility index (Phi) is 5.44. The zero-order valence-corrected chi connectivity index (χ0v) is 15.3. The second kappa shape index (κ2) is 7.95. The minimum absolute atomic E-state index is 0.0106. The number of pyridine rings is 2. The molecule has 3 heterocycles. The first-order valence-electron chi connectivity index (χ1n) is 8.46. The van der Waals surface area contributed by atoms with Crippen LogP contribution in [0.25, 0.3) is 11.3 Å². The molecule has 0 spiro atoms. The van der Waals surface area contributed by atoms with E-state index in [9.17, 15) is 14.0 Å². The van der Waals surface area contributed by atoms with E-state index in [4.69, 9.17) is 5.11 Å². The summed E-state index contributed by atoms with van der Waals surface area (Å²) in [7, 11) is 1.81. The highest BCUT2D eigenvalue weighted by Gasteiger charge is 2.29. The molecule has 8 nitrogen and oxygen atoms in total. The molecule has 0 radical (unpaired) electrons. The molecule has 0 bridgehead atoms. The predicted octanol–water partition coefficient (Wildman–Crippen LogP) is 2.19. The molecule has 1 unspecified atom stereocenters. The number of aryl methyl sites for hydroxylation is 1. The summed E-state index contributed by atoms with van der Waals surface area (Å²) in [5.74, 6) is -3.40. The van der Waals surface area contributed by atoms with Crippen molar-refractivity contribution in [2.75, 3.05) is 0 Å². The number of halogens is 1. The highest BCUT2D eigenvalue weighted by atomic mass is 19.1. The average Bonchev–Trinajstić information content (AvgIpc) is 3.12. The lowest BCUT2D eigenvalue weighted by atomic mass is 10.1. The average molecular weight is 383 g/mol. The molecule has 28 heavy (non-hydrogen) atoms. The Bertz CT molecular complexity index is 1000. The first kappa shape index (κ1) is 19.2. The van der Waals surface area contributed by atoms with E-state index in [-0.39, 0.29) is 12.2 Å². The first-order chi connectivity index (χ1) is 13.4. The standard InChI is InChI=1S/C19H18FN5O3/c1-12(17-15(20)4-3-8-21-17)25(18(26)19(27)28)11-14-6-5-13(10-22-14)16-7-9-23-24(16)2/h3-10,12H,11H2,1-2H3,(H,27,28). The number of aromatic nitrogens is 4. The zero-order chi connectivity index (χ0) is 20.3. The summed E-state index contributed by atoms with van der Waals surface area (Å²) in [6.45, 7) is 1.42. The monoisotopic (exact) mass is 383 g/mol. The number of carboxylic acids is 1. The molecule has 1 amide bonds. The number of rotatable bonds is 5. The number of carboxylic acid groups (broad SMARTS) is 1. The number of aliphatic carboxylic acids is 1. The van der Waals surface area contributed by atoms with Gasteiger partial charge in [0, 0.05) is 31.2 Å². The van der Waals surface area contributed by atoms with Gasteiger partial charge in [-0.15, -0.1) is 0 Å². The largest absolute Gasteiger partial charge is 0.474 e. The molecule has 1 N–H and O–H groups in total. The molecule has 0 aromatic carbocycles. The van der Waals surface area contributed by atoms with Gasteiger partial charge in [0.05, 0.1) is 29.7 Å². The van der Waals surface area contributed by atoms with Crippen molar-refractivity contribution in [3.63, 3.8) is 0 Å². The highest BCUT2D eigenvalue weighted by Crippen LogP contribution is 2.24. The van der Waals surface area contributed by atoms with E-state index in [1.54, 1.807) is 36.3 Å². The predicted molar refractivity (Wildman–Crippen MR) is 97.2 cm³/mol. The van der Waals surface area contributed by atoms with Gasteiger partial charge in [-0.2, -0.15) is 5.10 Å². The van der Waals surface area contributed by atoms with Crippen LogP contribution in [0.15, 0.2) is 48.9 Å². The molecule has 0 aliphatic rings. The normalized spacial score (nSPS) is 11.8. The Morgan fingerprint density at radius 3 is 2.57 bits per heavy atom. The van der Waals surface area contributed by atoms with E-state index < -0.39 is 23.7 Å². The smallest absolute Gasteiger partial charge is 0.394 e. The minimum Gasteiger partial charge on any atom is -0.474 e. The second-order valence-corrected chi connectivity index (χ2v) is 6.16. The first-order valence-corrected chi connectivity index (χ1v) is 8.46. The number of amides is 1. The molecular weight excluding hydrogens is 365 g/mol. The summed E-state index contributed by atoms with van der Waals surface area (Å²) in [4.78, 5) is 32.8. The van der Waals surface area contributed by atoms with Crippen LogP contribution in [-0.2, 0) is 23.2 Å². The zero-order valence-electron chi connectivity index (χ0n) is 15.3. The van der Waals surface area contributed by atoms with Gasteiger partial charge in [-0.1, -0.05) is 0 Å². The van der Waals surface area contributed by atoms with Crippen LogP contribution in [0.2, 0.25) is 0 Å². The maximum Gasteiger partial charge on any atom is 0.394 e. The van der Waals surface area contributed by atoms with Crippen LogP contribution >= 0.6 is 0 Å². The van der Waals surface area contributed by atoms with Gasteiger partial charge in [-0.25, -0.2) is 9.18 Å². The molecule has 0 saturated heterocycles. The van der Waals surface area contributed by atoms with Gasteiger partial charge in [-0.05, 0) is 37.3 Å². The van der Waals surface area contributed by atoms with Crippen LogP contribution in [0.3, 0.4) is 0 Å². The van der Waals surface area contributed by atoms with Gasteiger partial charge < -0.3 is 10.0 Å². The third kappa shape index (κ3) is 3.88. The van der Waals surface area contributed by atoms with Crippen LogP contribution in [0, 0.1) is 5.82 Å². The highest BCUT2D eigenvalue weighted by molar-refractivity contribution is 6.31. The van der Waals surface area contributed by atoms with Crippen molar-refractivity contribution in [3.05, 3.63) is 66.1 Å². The van der Waals surface area contributed by atoms with Crippen molar-refractivity contribution in [1.82, 2.24) is 24.6 Å². The molecule has 0 aliphatic carbocycles. The molecule has 3 aromatic rings. The van der Waals surface area contributed by atoms with Crippen LogP contribution in [0.5, 0.6) is 0 Å². The third-order valence-corrected chi connectivity index (χ3v) is 4.37. The lowest BCUT2D eigenvalue weighted by Gasteiger charge is -2.27. The van der Waals surface area contributed by atoms with Gasteiger partial charge in [-0.3, -0.25) is 19.4 Å². The Morgan fingerprint density at radius 2 is 2.00 bits per heavy atom. The Balaban J connectivity index is 1.88. The van der Waals surface area contributed by atoms with Crippen molar-refractivity contribution in [2.45, 2.75) is 19.5 Å². The van der Waals surface area contributed by atoms with Gasteiger partial charge in [0.15, 0.2) is 0 Å². The Labute approximate surface area is 160 Å². The lowest BCUT2D eigenvalue weighted by molar-refractivity contribution is -0.157. The molecule has 0 fully saturated rings. The summed E-state index contributed by atoms with van der Waals surface area (Å²) < 4.78 is 15.8. The van der Waals surface area contributed by atoms with Crippen molar-refractivity contribution >= 4 is 11.9 Å². The molecule has 3 rings (SSSR count). The fourth-order valence-corrected chi connectivity index (χ4v) is 2.86. The molecular formula is C19H18FN5O3. The Morgan fingerprint density at radius 1 is 1.21 bits per heavy atom. The van der Waals surface area contributed by atoms with Crippen LogP contribution in [0.4, 0.5) is 4.39 Å². The van der Waals surface area contributed by atoms with Crippen LogP contribution in [0.1, 0.15) is 24.4 Å². The van der Waals surface area contributed by atoms with Crippen LogP contribution in [-0.4, -0.2) is 41.6 Å². The van der Waals surface area contributed by atoms with Crippen LogP contribution < -0.4 is 0 Å². The quantitative estimate of drug-likeness (QED) is 0.678. The number of carbonyl (C=O) groups is 2. The maximum atomic E-state index is 14.1. The van der Waals surface area contributed by atoms with Crippen molar-refractivity contribution in [1.29, 1.82) is 0 Å². The summed E-state index contributed by atoms with van der Waals surface area (Å²) in [5.41, 5.74) is 2.14. The second-order valence-electron chi connectivity index (χ2n) is 6.16. The molecule has 144 valence electrons. The van der Waals surface area contributed by atoms with Crippen molar-refractivity contribution < 1.29 is 19.1 Å². The summed E-state index contributed by atoms with van der Waals surface area (Å²) in [6, 6.07) is 7.07. The molecule has 9 heteroatoms. The van der Waals surface area contributed by atoms with Gasteiger partial charge >= 0.3 is 11.9 Å². The van der Waals surface area contributed by atoms with Crippen molar-refractivity contribution in [3.8, 4) is 11.3 Å². The van der Waals surface area contributed by atoms with E-state index in [1.165, 1.54) is 25.3 Å². The summed E-state index contributed by atoms with van der Waals surface area (Å²) in [5, 5.41) is 13.3. The molecule has 1 atom stereocenters. The molecule has 0 saturated carbocycles. The lowest BCUT2D eigenvalue weighted by Crippen LogP contribution is -2.38. The van der Waals surface area contributed by atoms with Gasteiger partial charge in [0.1, 0.15) is 5.82 Å².